The third-order valence-corrected chi connectivity index (χ3v) is 5.19. The van der Waals surface area contributed by atoms with Crippen LogP contribution in [0.2, 0.25) is 0 Å². The Morgan fingerprint density at radius 1 is 1.26 bits per heavy atom. The predicted octanol–water partition coefficient (Wildman–Crippen LogP) is 2.99. The van der Waals surface area contributed by atoms with E-state index in [0.717, 1.165) is 12.8 Å². The van der Waals surface area contributed by atoms with Gasteiger partial charge in [0.25, 0.3) is 0 Å². The molecule has 3 rings (SSSR count). The second kappa shape index (κ2) is 6.93. The van der Waals surface area contributed by atoms with Gasteiger partial charge >= 0.3 is 11.9 Å². The molecule has 1 aromatic rings. The molecule has 2 aliphatic rings. The summed E-state index contributed by atoms with van der Waals surface area (Å²) >= 11 is 1.55. The normalized spacial score (nSPS) is 28.2. The third-order valence-electron chi connectivity index (χ3n) is 3.89. The number of benzene rings is 1. The summed E-state index contributed by atoms with van der Waals surface area (Å²) in [5.41, 5.74) is 0.236. The Hall–Kier alpha value is -1.53. The highest BCUT2D eigenvalue weighted by molar-refractivity contribution is 8.00. The lowest BCUT2D eigenvalue weighted by Crippen LogP contribution is -2.33. The summed E-state index contributed by atoms with van der Waals surface area (Å²) in [6.45, 7) is 3.31. The Bertz CT molecular complexity index is 572. The fraction of sp³-hybridized carbons (Fsp3) is 0.529. The number of hydrogen-bond donors (Lipinski definition) is 0. The van der Waals surface area contributed by atoms with Crippen LogP contribution in [0.15, 0.2) is 30.3 Å². The molecule has 23 heavy (non-hydrogen) atoms. The first kappa shape index (κ1) is 16.3. The minimum atomic E-state index is -0.584. The maximum atomic E-state index is 12.3. The second-order valence-electron chi connectivity index (χ2n) is 5.90. The van der Waals surface area contributed by atoms with Crippen molar-refractivity contribution in [3.05, 3.63) is 35.9 Å². The molecule has 1 aromatic carbocycles. The maximum Gasteiger partial charge on any atom is 0.338 e. The first-order chi connectivity index (χ1) is 11.0. The quantitative estimate of drug-likeness (QED) is 0.770. The van der Waals surface area contributed by atoms with Gasteiger partial charge < -0.3 is 14.2 Å². The van der Waals surface area contributed by atoms with Crippen LogP contribution in [0, 0.1) is 5.92 Å². The van der Waals surface area contributed by atoms with Crippen LogP contribution in [-0.4, -0.2) is 35.0 Å². The molecule has 4 atom stereocenters. The zero-order valence-electron chi connectivity index (χ0n) is 13.1. The largest absolute Gasteiger partial charge is 0.455 e. The molecule has 1 unspecified atom stereocenters. The predicted molar refractivity (Wildman–Crippen MR) is 85.8 cm³/mol. The molecular formula is C17H20O5S. The average molecular weight is 336 g/mol. The van der Waals surface area contributed by atoms with Gasteiger partial charge in [-0.05, 0) is 37.8 Å². The lowest BCUT2D eigenvalue weighted by atomic mass is 10.2. The molecule has 5 nitrogen and oxygen atoms in total. The maximum absolute atomic E-state index is 12.3. The molecule has 0 bridgehead atoms. The van der Waals surface area contributed by atoms with Crippen molar-refractivity contribution in [2.75, 3.05) is 0 Å². The van der Waals surface area contributed by atoms with Crippen molar-refractivity contribution in [3.63, 3.8) is 0 Å². The number of rotatable bonds is 5. The monoisotopic (exact) mass is 336 g/mol. The highest BCUT2D eigenvalue weighted by atomic mass is 32.2. The molecule has 1 aliphatic heterocycles. The van der Waals surface area contributed by atoms with E-state index in [1.54, 1.807) is 23.9 Å². The molecule has 0 spiro atoms. The van der Waals surface area contributed by atoms with Gasteiger partial charge in [-0.2, -0.15) is 0 Å². The SMILES string of the molecule is CC(=O)O[C@H]1O[C@H](C(OC(=O)c2ccccc2)C2CC2)S[C@H]1C. The summed E-state index contributed by atoms with van der Waals surface area (Å²) in [6, 6.07) is 8.94. The first-order valence-electron chi connectivity index (χ1n) is 7.79. The Labute approximate surface area is 139 Å². The lowest BCUT2D eigenvalue weighted by molar-refractivity contribution is -0.180. The van der Waals surface area contributed by atoms with E-state index in [9.17, 15) is 9.59 Å². The van der Waals surface area contributed by atoms with E-state index in [-0.39, 0.29) is 28.7 Å². The van der Waals surface area contributed by atoms with E-state index in [1.807, 2.05) is 25.1 Å². The van der Waals surface area contributed by atoms with Crippen molar-refractivity contribution in [2.45, 2.75) is 49.8 Å². The Morgan fingerprint density at radius 3 is 2.57 bits per heavy atom. The van der Waals surface area contributed by atoms with Gasteiger partial charge in [0.2, 0.25) is 6.29 Å². The van der Waals surface area contributed by atoms with Crippen LogP contribution in [0.25, 0.3) is 0 Å². The number of ether oxygens (including phenoxy) is 3. The van der Waals surface area contributed by atoms with Crippen LogP contribution < -0.4 is 0 Å². The molecule has 0 radical (unpaired) electrons. The van der Waals surface area contributed by atoms with E-state index in [2.05, 4.69) is 0 Å². The van der Waals surface area contributed by atoms with Crippen molar-refractivity contribution in [3.8, 4) is 0 Å². The van der Waals surface area contributed by atoms with Crippen molar-refractivity contribution in [1.82, 2.24) is 0 Å². The van der Waals surface area contributed by atoms with Crippen LogP contribution in [0.1, 0.15) is 37.0 Å². The smallest absolute Gasteiger partial charge is 0.338 e. The lowest BCUT2D eigenvalue weighted by Gasteiger charge is -2.23. The summed E-state index contributed by atoms with van der Waals surface area (Å²) in [6.07, 6.45) is 1.16. The summed E-state index contributed by atoms with van der Waals surface area (Å²) in [5.74, 6) is -0.383. The van der Waals surface area contributed by atoms with Gasteiger partial charge in [0.15, 0.2) is 0 Å². The van der Waals surface area contributed by atoms with Gasteiger partial charge in [0.05, 0.1) is 10.8 Å². The molecule has 0 N–H and O–H groups in total. The summed E-state index contributed by atoms with van der Waals surface area (Å²) in [5, 5.41) is 0.0144. The fourth-order valence-electron chi connectivity index (χ4n) is 2.56. The number of carbonyl (C=O) groups is 2. The number of thioether (sulfide) groups is 1. The Balaban J connectivity index is 1.66. The van der Waals surface area contributed by atoms with Crippen LogP contribution in [-0.2, 0) is 19.0 Å². The zero-order chi connectivity index (χ0) is 16.4. The van der Waals surface area contributed by atoms with Crippen LogP contribution in [0.4, 0.5) is 0 Å². The van der Waals surface area contributed by atoms with E-state index in [1.165, 1.54) is 6.92 Å². The fourth-order valence-corrected chi connectivity index (χ4v) is 3.83. The Kier molecular flexibility index (Phi) is 4.92. The van der Waals surface area contributed by atoms with Crippen LogP contribution in [0.3, 0.4) is 0 Å². The number of carbonyl (C=O) groups excluding carboxylic acids is 2. The number of hydrogen-bond acceptors (Lipinski definition) is 6. The molecule has 0 aromatic heterocycles. The molecule has 1 aliphatic carbocycles. The van der Waals surface area contributed by atoms with Crippen LogP contribution >= 0.6 is 11.8 Å². The second-order valence-corrected chi connectivity index (χ2v) is 7.38. The average Bonchev–Trinajstić information content (AvgIpc) is 3.30. The molecular weight excluding hydrogens is 316 g/mol. The van der Waals surface area contributed by atoms with Gasteiger partial charge in [-0.15, -0.1) is 11.8 Å². The molecule has 1 saturated heterocycles. The molecule has 0 amide bonds. The van der Waals surface area contributed by atoms with Crippen molar-refractivity contribution in [1.29, 1.82) is 0 Å². The molecule has 6 heteroatoms. The summed E-state index contributed by atoms with van der Waals surface area (Å²) in [7, 11) is 0. The van der Waals surface area contributed by atoms with Crippen molar-refractivity contribution >= 4 is 23.7 Å². The topological polar surface area (TPSA) is 61.8 Å². The standard InChI is InChI=1S/C17H20O5S/c1-10-16(20-11(2)18)22-17(23-10)14(12-8-9-12)21-15(19)13-6-4-3-5-7-13/h3-7,10,12,14,16-17H,8-9H2,1-2H3/t10-,14?,16-,17-/m0/s1. The van der Waals surface area contributed by atoms with Gasteiger partial charge in [0.1, 0.15) is 11.5 Å². The zero-order valence-corrected chi connectivity index (χ0v) is 14.0. The minimum absolute atomic E-state index is 0.0144. The van der Waals surface area contributed by atoms with Gasteiger partial charge in [-0.1, -0.05) is 18.2 Å². The van der Waals surface area contributed by atoms with Crippen LogP contribution in [0.5, 0.6) is 0 Å². The van der Waals surface area contributed by atoms with E-state index >= 15 is 0 Å². The first-order valence-corrected chi connectivity index (χ1v) is 8.73. The van der Waals surface area contributed by atoms with E-state index in [4.69, 9.17) is 14.2 Å². The highest BCUT2D eigenvalue weighted by Gasteiger charge is 2.47. The molecule has 124 valence electrons. The van der Waals surface area contributed by atoms with Crippen molar-refractivity contribution < 1.29 is 23.8 Å². The van der Waals surface area contributed by atoms with Crippen molar-refractivity contribution in [2.24, 2.45) is 5.92 Å². The molecule has 1 heterocycles. The van der Waals surface area contributed by atoms with Gasteiger partial charge in [-0.25, -0.2) is 4.79 Å². The minimum Gasteiger partial charge on any atom is -0.455 e. The summed E-state index contributed by atoms with van der Waals surface area (Å²) in [4.78, 5) is 23.4. The summed E-state index contributed by atoms with van der Waals surface area (Å²) < 4.78 is 16.7. The van der Waals surface area contributed by atoms with Gasteiger partial charge in [-0.3, -0.25) is 4.79 Å². The highest BCUT2D eigenvalue weighted by Crippen LogP contribution is 2.44. The van der Waals surface area contributed by atoms with E-state index < -0.39 is 6.29 Å². The van der Waals surface area contributed by atoms with E-state index in [0.29, 0.717) is 11.5 Å². The third kappa shape index (κ3) is 4.06. The number of esters is 2. The molecule has 2 fully saturated rings. The molecule has 1 saturated carbocycles. The Morgan fingerprint density at radius 2 is 1.96 bits per heavy atom. The van der Waals surface area contributed by atoms with Gasteiger partial charge in [0, 0.05) is 6.92 Å².